The molecule has 1 aromatic rings. The van der Waals surface area contributed by atoms with Crippen LogP contribution in [0.1, 0.15) is 18.2 Å². The first kappa shape index (κ1) is 10.0. The van der Waals surface area contributed by atoms with Gasteiger partial charge in [0, 0.05) is 16.8 Å². The zero-order chi connectivity index (χ0) is 10.4. The molecule has 0 saturated heterocycles. The molecule has 1 atom stereocenters. The van der Waals surface area contributed by atoms with Crippen molar-refractivity contribution in [2.75, 3.05) is 0 Å². The van der Waals surface area contributed by atoms with Crippen LogP contribution in [0.5, 0.6) is 0 Å². The van der Waals surface area contributed by atoms with Gasteiger partial charge in [-0.25, -0.2) is 0 Å². The van der Waals surface area contributed by atoms with Crippen molar-refractivity contribution in [3.05, 3.63) is 40.5 Å². The number of carboxylic acids is 1. The number of aliphatic carboxylic acids is 1. The van der Waals surface area contributed by atoms with Gasteiger partial charge in [-0.05, 0) is 17.7 Å². The molecule has 6 heteroatoms. The Labute approximate surface area is 79.8 Å². The number of hydrogen-bond donors (Lipinski definition) is 1. The van der Waals surface area contributed by atoms with Gasteiger partial charge in [0.25, 0.3) is 0 Å². The van der Waals surface area contributed by atoms with E-state index in [4.69, 9.17) is 10.6 Å². The second-order valence-electron chi connectivity index (χ2n) is 2.57. The quantitative estimate of drug-likeness (QED) is 0.448. The fourth-order valence-corrected chi connectivity index (χ4v) is 1.01. The van der Waals surface area contributed by atoms with E-state index < -0.39 is 12.0 Å². The molecule has 0 aliphatic rings. The molecule has 1 rings (SSSR count). The highest BCUT2D eigenvalue weighted by atomic mass is 16.4. The molecule has 1 N–H and O–H groups in total. The molecule has 0 amide bonds. The van der Waals surface area contributed by atoms with Crippen LogP contribution in [0.15, 0.2) is 29.5 Å². The van der Waals surface area contributed by atoms with Crippen LogP contribution in [0.2, 0.25) is 0 Å². The molecular formula is C8H8N4O2. The molecule has 0 aromatic carbocycles. The fourth-order valence-electron chi connectivity index (χ4n) is 1.01. The van der Waals surface area contributed by atoms with E-state index in [1.54, 1.807) is 18.2 Å². The number of aromatic nitrogens is 1. The number of pyridine rings is 1. The van der Waals surface area contributed by atoms with E-state index in [0.29, 0.717) is 5.69 Å². The minimum atomic E-state index is -1.02. The lowest BCUT2D eigenvalue weighted by atomic mass is 10.1. The average molecular weight is 192 g/mol. The van der Waals surface area contributed by atoms with Crippen LogP contribution in [0.4, 0.5) is 0 Å². The molecule has 0 fully saturated rings. The Bertz CT molecular complexity index is 359. The van der Waals surface area contributed by atoms with Gasteiger partial charge in [-0.1, -0.05) is 11.2 Å². The van der Waals surface area contributed by atoms with Crippen molar-refractivity contribution in [2.24, 2.45) is 5.11 Å². The van der Waals surface area contributed by atoms with E-state index in [9.17, 15) is 4.79 Å². The Balaban J connectivity index is 2.88. The van der Waals surface area contributed by atoms with Crippen molar-refractivity contribution < 1.29 is 9.90 Å². The summed E-state index contributed by atoms with van der Waals surface area (Å²) in [5, 5.41) is 11.9. The van der Waals surface area contributed by atoms with Crippen LogP contribution in [0.25, 0.3) is 10.4 Å². The highest BCUT2D eigenvalue weighted by Gasteiger charge is 2.14. The van der Waals surface area contributed by atoms with Crippen molar-refractivity contribution >= 4 is 5.97 Å². The zero-order valence-corrected chi connectivity index (χ0v) is 7.24. The van der Waals surface area contributed by atoms with Crippen molar-refractivity contribution in [1.82, 2.24) is 4.98 Å². The Morgan fingerprint density at radius 3 is 3.00 bits per heavy atom. The molecular weight excluding hydrogens is 184 g/mol. The van der Waals surface area contributed by atoms with Crippen LogP contribution < -0.4 is 0 Å². The van der Waals surface area contributed by atoms with Crippen LogP contribution >= 0.6 is 0 Å². The maximum Gasteiger partial charge on any atom is 0.304 e. The number of hydrogen-bond acceptors (Lipinski definition) is 3. The molecule has 6 nitrogen and oxygen atoms in total. The summed E-state index contributed by atoms with van der Waals surface area (Å²) in [6.45, 7) is 0. The highest BCUT2D eigenvalue weighted by molar-refractivity contribution is 5.67. The van der Waals surface area contributed by atoms with Crippen molar-refractivity contribution in [1.29, 1.82) is 0 Å². The van der Waals surface area contributed by atoms with Crippen molar-refractivity contribution in [2.45, 2.75) is 12.5 Å². The Kier molecular flexibility index (Phi) is 3.46. The second-order valence-corrected chi connectivity index (χ2v) is 2.57. The summed E-state index contributed by atoms with van der Waals surface area (Å²) in [6.07, 6.45) is 1.28. The second kappa shape index (κ2) is 4.84. The molecule has 0 radical (unpaired) electrons. The van der Waals surface area contributed by atoms with E-state index in [1.807, 2.05) is 0 Å². The molecule has 0 aliphatic heterocycles. The lowest BCUT2D eigenvalue weighted by Crippen LogP contribution is -2.04. The first-order valence-electron chi connectivity index (χ1n) is 3.91. The van der Waals surface area contributed by atoms with Crippen molar-refractivity contribution in [3.63, 3.8) is 0 Å². The first-order valence-corrected chi connectivity index (χ1v) is 3.91. The molecule has 1 unspecified atom stereocenters. The summed E-state index contributed by atoms with van der Waals surface area (Å²) in [5.74, 6) is -1.02. The fraction of sp³-hybridized carbons (Fsp3) is 0.250. The van der Waals surface area contributed by atoms with E-state index >= 15 is 0 Å². The smallest absolute Gasteiger partial charge is 0.304 e. The Morgan fingerprint density at radius 2 is 2.50 bits per heavy atom. The van der Waals surface area contributed by atoms with Crippen molar-refractivity contribution in [3.8, 4) is 0 Å². The Morgan fingerprint density at radius 1 is 1.71 bits per heavy atom. The third-order valence-corrected chi connectivity index (χ3v) is 1.59. The van der Waals surface area contributed by atoms with Gasteiger partial charge in [0.15, 0.2) is 0 Å². The minimum absolute atomic E-state index is 0.249. The van der Waals surface area contributed by atoms with Crippen LogP contribution in [0.3, 0.4) is 0 Å². The lowest BCUT2D eigenvalue weighted by Gasteiger charge is -2.06. The van der Waals surface area contributed by atoms with Gasteiger partial charge in [-0.3, -0.25) is 9.78 Å². The van der Waals surface area contributed by atoms with Gasteiger partial charge in [-0.15, -0.1) is 0 Å². The average Bonchev–Trinajstić information content (AvgIpc) is 2.18. The summed E-state index contributed by atoms with van der Waals surface area (Å²) in [5.41, 5.74) is 8.71. The summed E-state index contributed by atoms with van der Waals surface area (Å²) in [4.78, 5) is 17.0. The van der Waals surface area contributed by atoms with E-state index in [0.717, 1.165) is 0 Å². The molecule has 0 saturated carbocycles. The number of azide groups is 1. The van der Waals surface area contributed by atoms with Gasteiger partial charge >= 0.3 is 5.97 Å². The normalized spacial score (nSPS) is 11.4. The van der Waals surface area contributed by atoms with Crippen LogP contribution in [-0.2, 0) is 4.79 Å². The molecule has 1 aromatic heterocycles. The summed E-state index contributed by atoms with van der Waals surface area (Å²) in [7, 11) is 0. The number of nitrogens with zero attached hydrogens (tertiary/aromatic N) is 4. The predicted octanol–water partition coefficient (Wildman–Crippen LogP) is 1.91. The molecule has 0 aliphatic carbocycles. The van der Waals surface area contributed by atoms with Gasteiger partial charge in [0.05, 0.1) is 12.5 Å². The topological polar surface area (TPSA) is 99.0 Å². The SMILES string of the molecule is [N-]=[N+]=NC(CC(=O)O)c1ccccn1. The maximum absolute atomic E-state index is 10.4. The molecule has 72 valence electrons. The first-order chi connectivity index (χ1) is 6.74. The van der Waals surface area contributed by atoms with E-state index in [-0.39, 0.29) is 6.42 Å². The number of carboxylic acid groups (broad SMARTS) is 1. The van der Waals surface area contributed by atoms with E-state index in [1.165, 1.54) is 6.20 Å². The minimum Gasteiger partial charge on any atom is -0.481 e. The molecule has 1 heterocycles. The molecule has 0 spiro atoms. The third-order valence-electron chi connectivity index (χ3n) is 1.59. The lowest BCUT2D eigenvalue weighted by molar-refractivity contribution is -0.137. The zero-order valence-electron chi connectivity index (χ0n) is 7.24. The Hall–Kier alpha value is -2.07. The highest BCUT2D eigenvalue weighted by Crippen LogP contribution is 2.18. The summed E-state index contributed by atoms with van der Waals surface area (Å²) in [6, 6.07) is 4.31. The van der Waals surface area contributed by atoms with Gasteiger partial charge in [0.1, 0.15) is 0 Å². The maximum atomic E-state index is 10.4. The summed E-state index contributed by atoms with van der Waals surface area (Å²) < 4.78 is 0. The number of carbonyl (C=O) groups is 1. The summed E-state index contributed by atoms with van der Waals surface area (Å²) >= 11 is 0. The number of rotatable bonds is 4. The third kappa shape index (κ3) is 2.76. The van der Waals surface area contributed by atoms with Gasteiger partial charge < -0.3 is 5.11 Å². The van der Waals surface area contributed by atoms with Crippen LogP contribution in [-0.4, -0.2) is 16.1 Å². The van der Waals surface area contributed by atoms with Gasteiger partial charge in [-0.2, -0.15) is 0 Å². The molecule has 0 bridgehead atoms. The van der Waals surface area contributed by atoms with Gasteiger partial charge in [0.2, 0.25) is 0 Å². The largest absolute Gasteiger partial charge is 0.481 e. The van der Waals surface area contributed by atoms with E-state index in [2.05, 4.69) is 15.0 Å². The standard InChI is InChI=1S/C8H8N4O2/c9-12-11-7(5-8(13)14)6-3-1-2-4-10-6/h1-4,7H,5H2,(H,13,14). The molecule has 14 heavy (non-hydrogen) atoms. The monoisotopic (exact) mass is 192 g/mol. The van der Waals surface area contributed by atoms with Crippen LogP contribution in [0, 0.1) is 0 Å². The predicted molar refractivity (Wildman–Crippen MR) is 48.4 cm³/mol.